The summed E-state index contributed by atoms with van der Waals surface area (Å²) in [7, 11) is 0. The summed E-state index contributed by atoms with van der Waals surface area (Å²) in [6.45, 7) is 5.40. The van der Waals surface area contributed by atoms with Gasteiger partial charge in [0.2, 0.25) is 0 Å². The zero-order chi connectivity index (χ0) is 14.7. The number of anilines is 1. The lowest BCUT2D eigenvalue weighted by Crippen LogP contribution is -2.37. The second-order valence-corrected chi connectivity index (χ2v) is 5.47. The van der Waals surface area contributed by atoms with Crippen LogP contribution in [0.4, 0.5) is 10.2 Å². The average Bonchev–Trinajstić information content (AvgIpc) is 2.52. The summed E-state index contributed by atoms with van der Waals surface area (Å²) in [5, 5.41) is 0.787. The summed E-state index contributed by atoms with van der Waals surface area (Å²) >= 11 is 0. The van der Waals surface area contributed by atoms with Gasteiger partial charge in [-0.15, -0.1) is 0 Å². The number of hydrogen-bond acceptors (Lipinski definition) is 4. The van der Waals surface area contributed by atoms with Crippen molar-refractivity contribution in [2.24, 2.45) is 5.92 Å². The summed E-state index contributed by atoms with van der Waals surface area (Å²) < 4.78 is 19.1. The first-order valence-corrected chi connectivity index (χ1v) is 7.51. The minimum absolute atomic E-state index is 0.249. The number of piperidine rings is 1. The Labute approximate surface area is 124 Å². The number of halogens is 1. The Hall–Kier alpha value is -1.75. The van der Waals surface area contributed by atoms with E-state index in [0.29, 0.717) is 5.92 Å². The van der Waals surface area contributed by atoms with Crippen LogP contribution in [0.2, 0.25) is 0 Å². The van der Waals surface area contributed by atoms with Crippen molar-refractivity contribution < 1.29 is 9.13 Å². The third kappa shape index (κ3) is 3.13. The number of fused-ring (bicyclic) bond motifs is 1. The third-order valence-corrected chi connectivity index (χ3v) is 3.95. The number of hydrogen-bond donors (Lipinski definition) is 0. The van der Waals surface area contributed by atoms with Crippen LogP contribution in [0.3, 0.4) is 0 Å². The van der Waals surface area contributed by atoms with Gasteiger partial charge in [-0.2, -0.15) is 0 Å². The van der Waals surface area contributed by atoms with Gasteiger partial charge in [0.15, 0.2) is 0 Å². The van der Waals surface area contributed by atoms with Crippen molar-refractivity contribution in [1.82, 2.24) is 9.97 Å². The molecule has 0 spiro atoms. The van der Waals surface area contributed by atoms with E-state index in [0.717, 1.165) is 49.4 Å². The molecule has 0 amide bonds. The molecule has 1 aromatic heterocycles. The first-order chi connectivity index (χ1) is 10.3. The molecule has 21 heavy (non-hydrogen) atoms. The van der Waals surface area contributed by atoms with E-state index in [-0.39, 0.29) is 5.82 Å². The number of benzene rings is 1. The second kappa shape index (κ2) is 6.35. The quantitative estimate of drug-likeness (QED) is 0.867. The number of rotatable bonds is 4. The first kappa shape index (κ1) is 14.2. The summed E-state index contributed by atoms with van der Waals surface area (Å²) in [6, 6.07) is 4.67. The Morgan fingerprint density at radius 3 is 3.14 bits per heavy atom. The lowest BCUT2D eigenvalue weighted by molar-refractivity contribution is 0.104. The van der Waals surface area contributed by atoms with Crippen molar-refractivity contribution in [3.05, 3.63) is 30.3 Å². The van der Waals surface area contributed by atoms with Crippen LogP contribution in [0.5, 0.6) is 0 Å². The van der Waals surface area contributed by atoms with Crippen LogP contribution in [0.25, 0.3) is 10.9 Å². The van der Waals surface area contributed by atoms with Gasteiger partial charge in [-0.05, 0) is 43.9 Å². The molecule has 1 saturated heterocycles. The van der Waals surface area contributed by atoms with Crippen LogP contribution < -0.4 is 4.90 Å². The highest BCUT2D eigenvalue weighted by molar-refractivity contribution is 5.89. The minimum atomic E-state index is -0.249. The maximum Gasteiger partial charge on any atom is 0.139 e. The van der Waals surface area contributed by atoms with Crippen molar-refractivity contribution in [3.8, 4) is 0 Å². The molecular formula is C16H20FN3O. The van der Waals surface area contributed by atoms with Gasteiger partial charge in [0.1, 0.15) is 18.0 Å². The fraction of sp³-hybridized carbons (Fsp3) is 0.500. The molecule has 0 bridgehead atoms. The van der Waals surface area contributed by atoms with E-state index in [1.807, 2.05) is 6.92 Å². The summed E-state index contributed by atoms with van der Waals surface area (Å²) in [5.41, 5.74) is 0.785. The van der Waals surface area contributed by atoms with Gasteiger partial charge in [-0.25, -0.2) is 14.4 Å². The highest BCUT2D eigenvalue weighted by atomic mass is 19.1. The molecule has 4 nitrogen and oxygen atoms in total. The summed E-state index contributed by atoms with van der Waals surface area (Å²) in [4.78, 5) is 10.8. The molecule has 1 atom stereocenters. The highest BCUT2D eigenvalue weighted by Crippen LogP contribution is 2.28. The molecule has 1 unspecified atom stereocenters. The van der Waals surface area contributed by atoms with Gasteiger partial charge < -0.3 is 9.64 Å². The van der Waals surface area contributed by atoms with Crippen LogP contribution >= 0.6 is 0 Å². The smallest absolute Gasteiger partial charge is 0.139 e. The maximum atomic E-state index is 13.5. The van der Waals surface area contributed by atoms with Crippen LogP contribution in [0, 0.1) is 11.7 Å². The lowest BCUT2D eigenvalue weighted by atomic mass is 9.98. The summed E-state index contributed by atoms with van der Waals surface area (Å²) in [6.07, 6.45) is 3.84. The predicted molar refractivity (Wildman–Crippen MR) is 80.9 cm³/mol. The lowest BCUT2D eigenvalue weighted by Gasteiger charge is -2.33. The van der Waals surface area contributed by atoms with Gasteiger partial charge in [-0.3, -0.25) is 0 Å². The van der Waals surface area contributed by atoms with Crippen molar-refractivity contribution in [1.29, 1.82) is 0 Å². The molecule has 2 aromatic rings. The standard InChI is InChI=1S/C16H20FN3O/c1-2-21-10-12-4-3-7-20(9-12)16-14-8-13(17)5-6-15(14)18-11-19-16/h5-6,8,11-12H,2-4,7,9-10H2,1H3. The molecule has 1 aromatic carbocycles. The molecule has 2 heterocycles. The van der Waals surface area contributed by atoms with E-state index in [1.165, 1.54) is 18.6 Å². The highest BCUT2D eigenvalue weighted by Gasteiger charge is 2.22. The minimum Gasteiger partial charge on any atom is -0.381 e. The fourth-order valence-electron chi connectivity index (χ4n) is 2.95. The van der Waals surface area contributed by atoms with E-state index < -0.39 is 0 Å². The SMILES string of the molecule is CCOCC1CCCN(c2ncnc3ccc(F)cc23)C1. The van der Waals surface area contributed by atoms with Crippen LogP contribution in [0.1, 0.15) is 19.8 Å². The Kier molecular flexibility index (Phi) is 4.29. The molecule has 0 radical (unpaired) electrons. The van der Waals surface area contributed by atoms with E-state index in [9.17, 15) is 4.39 Å². The summed E-state index contributed by atoms with van der Waals surface area (Å²) in [5.74, 6) is 1.10. The first-order valence-electron chi connectivity index (χ1n) is 7.51. The van der Waals surface area contributed by atoms with Crippen LogP contribution in [-0.4, -0.2) is 36.3 Å². The van der Waals surface area contributed by atoms with Gasteiger partial charge in [0, 0.05) is 25.1 Å². The average molecular weight is 289 g/mol. The molecule has 0 N–H and O–H groups in total. The third-order valence-electron chi connectivity index (χ3n) is 3.95. The van der Waals surface area contributed by atoms with E-state index in [1.54, 1.807) is 12.4 Å². The Morgan fingerprint density at radius 2 is 2.29 bits per heavy atom. The molecule has 3 rings (SSSR count). The Balaban J connectivity index is 1.87. The van der Waals surface area contributed by atoms with Gasteiger partial charge in [0.25, 0.3) is 0 Å². The molecular weight excluding hydrogens is 269 g/mol. The maximum absolute atomic E-state index is 13.5. The van der Waals surface area contributed by atoms with Gasteiger partial charge in [0.05, 0.1) is 12.1 Å². The molecule has 1 aliphatic heterocycles. The molecule has 0 saturated carbocycles. The van der Waals surface area contributed by atoms with Crippen molar-refractivity contribution >= 4 is 16.7 Å². The molecule has 0 aliphatic carbocycles. The Bertz CT molecular complexity index is 619. The van der Waals surface area contributed by atoms with E-state index in [2.05, 4.69) is 14.9 Å². The van der Waals surface area contributed by atoms with E-state index in [4.69, 9.17) is 4.74 Å². The molecule has 112 valence electrons. The topological polar surface area (TPSA) is 38.2 Å². The van der Waals surface area contributed by atoms with Crippen molar-refractivity contribution in [2.45, 2.75) is 19.8 Å². The number of aromatic nitrogens is 2. The van der Waals surface area contributed by atoms with E-state index >= 15 is 0 Å². The fourth-order valence-corrected chi connectivity index (χ4v) is 2.95. The van der Waals surface area contributed by atoms with Gasteiger partial charge >= 0.3 is 0 Å². The largest absolute Gasteiger partial charge is 0.381 e. The zero-order valence-corrected chi connectivity index (χ0v) is 12.3. The van der Waals surface area contributed by atoms with Gasteiger partial charge in [-0.1, -0.05) is 0 Å². The van der Waals surface area contributed by atoms with Crippen molar-refractivity contribution in [2.75, 3.05) is 31.2 Å². The predicted octanol–water partition coefficient (Wildman–Crippen LogP) is 3.02. The molecule has 1 aliphatic rings. The molecule has 5 heteroatoms. The van der Waals surface area contributed by atoms with Crippen LogP contribution in [0.15, 0.2) is 24.5 Å². The molecule has 1 fully saturated rings. The second-order valence-electron chi connectivity index (χ2n) is 5.47. The van der Waals surface area contributed by atoms with Crippen molar-refractivity contribution in [3.63, 3.8) is 0 Å². The zero-order valence-electron chi connectivity index (χ0n) is 12.3. The van der Waals surface area contributed by atoms with Crippen LogP contribution in [-0.2, 0) is 4.74 Å². The number of nitrogens with zero attached hydrogens (tertiary/aromatic N) is 3. The monoisotopic (exact) mass is 289 g/mol. The Morgan fingerprint density at radius 1 is 1.38 bits per heavy atom. The normalized spacial score (nSPS) is 19.1. The number of ether oxygens (including phenoxy) is 1.